The van der Waals surface area contributed by atoms with Crippen LogP contribution >= 0.6 is 0 Å². The van der Waals surface area contributed by atoms with Crippen molar-refractivity contribution in [2.75, 3.05) is 6.54 Å². The molecule has 4 rings (SSSR count). The van der Waals surface area contributed by atoms with E-state index in [0.717, 1.165) is 31.2 Å². The predicted molar refractivity (Wildman–Crippen MR) is 147 cm³/mol. The SMILES string of the molecule is CC(C)(C)OC(=O)NC1CCCCC/C=C\C2CC2(C(=O)NCc2ccccc2)NC(=O)C2CCCN2C1=O. The Bertz CT molecular complexity index is 1080. The Balaban J connectivity index is 1.51. The quantitative estimate of drug-likeness (QED) is 0.507. The Hall–Kier alpha value is -3.36. The molecule has 3 N–H and O–H groups in total. The number of hydrogen-bond acceptors (Lipinski definition) is 5. The average Bonchev–Trinajstić information content (AvgIpc) is 3.34. The predicted octanol–water partition coefficient (Wildman–Crippen LogP) is 3.58. The van der Waals surface area contributed by atoms with Crippen molar-refractivity contribution < 1.29 is 23.9 Å². The highest BCUT2D eigenvalue weighted by Gasteiger charge is 2.60. The number of benzene rings is 1. The van der Waals surface area contributed by atoms with Crippen LogP contribution in [-0.2, 0) is 25.7 Å². The van der Waals surface area contributed by atoms with E-state index in [-0.39, 0.29) is 23.6 Å². The van der Waals surface area contributed by atoms with Gasteiger partial charge in [-0.15, -0.1) is 0 Å². The lowest BCUT2D eigenvalue weighted by atomic mass is 10.0. The van der Waals surface area contributed by atoms with E-state index < -0.39 is 29.3 Å². The molecule has 3 aliphatic rings. The second-order valence-corrected chi connectivity index (χ2v) is 11.9. The van der Waals surface area contributed by atoms with Crippen molar-refractivity contribution in [1.82, 2.24) is 20.9 Å². The lowest BCUT2D eigenvalue weighted by Gasteiger charge is -2.30. The van der Waals surface area contributed by atoms with Crippen molar-refractivity contribution in [1.29, 1.82) is 0 Å². The molecule has 1 saturated carbocycles. The van der Waals surface area contributed by atoms with Gasteiger partial charge in [0.1, 0.15) is 23.2 Å². The minimum atomic E-state index is -1.02. The fraction of sp³-hybridized carbons (Fsp3) is 0.600. The van der Waals surface area contributed by atoms with E-state index in [1.165, 1.54) is 0 Å². The number of allylic oxidation sites excluding steroid dienone is 1. The minimum absolute atomic E-state index is 0.0884. The maximum Gasteiger partial charge on any atom is 0.408 e. The molecule has 2 heterocycles. The Morgan fingerprint density at radius 1 is 1.08 bits per heavy atom. The first-order valence-corrected chi connectivity index (χ1v) is 14.2. The van der Waals surface area contributed by atoms with Gasteiger partial charge in [-0.05, 0) is 64.9 Å². The fourth-order valence-electron chi connectivity index (χ4n) is 5.48. The molecule has 4 atom stereocenters. The Morgan fingerprint density at radius 2 is 1.85 bits per heavy atom. The molecule has 1 aromatic rings. The highest BCUT2D eigenvalue weighted by molar-refractivity contribution is 5.98. The van der Waals surface area contributed by atoms with Gasteiger partial charge in [0.25, 0.3) is 0 Å². The monoisotopic (exact) mass is 538 g/mol. The van der Waals surface area contributed by atoms with Crippen LogP contribution < -0.4 is 16.0 Å². The van der Waals surface area contributed by atoms with Crippen LogP contribution in [0.5, 0.6) is 0 Å². The van der Waals surface area contributed by atoms with Crippen LogP contribution in [0.4, 0.5) is 4.79 Å². The zero-order valence-electron chi connectivity index (χ0n) is 23.3. The number of alkyl carbamates (subject to hydrolysis) is 1. The van der Waals surface area contributed by atoms with Crippen LogP contribution in [0.2, 0.25) is 0 Å². The molecule has 9 nitrogen and oxygen atoms in total. The summed E-state index contributed by atoms with van der Waals surface area (Å²) in [4.78, 5) is 54.8. The summed E-state index contributed by atoms with van der Waals surface area (Å²) in [5, 5.41) is 8.80. The van der Waals surface area contributed by atoms with Crippen molar-refractivity contribution >= 4 is 23.8 Å². The van der Waals surface area contributed by atoms with Crippen LogP contribution in [-0.4, -0.2) is 58.5 Å². The summed E-state index contributed by atoms with van der Waals surface area (Å²) in [6, 6.07) is 8.20. The molecule has 39 heavy (non-hydrogen) atoms. The van der Waals surface area contributed by atoms with Gasteiger partial charge >= 0.3 is 6.09 Å². The third-order valence-electron chi connectivity index (χ3n) is 7.62. The van der Waals surface area contributed by atoms with Crippen LogP contribution in [0.25, 0.3) is 0 Å². The van der Waals surface area contributed by atoms with Crippen LogP contribution in [0, 0.1) is 5.92 Å². The molecule has 0 aromatic heterocycles. The third-order valence-corrected chi connectivity index (χ3v) is 7.62. The van der Waals surface area contributed by atoms with E-state index in [4.69, 9.17) is 4.74 Å². The summed E-state index contributed by atoms with van der Waals surface area (Å²) < 4.78 is 5.41. The first-order valence-electron chi connectivity index (χ1n) is 14.2. The number of nitrogens with zero attached hydrogens (tertiary/aromatic N) is 1. The molecule has 0 bridgehead atoms. The molecule has 0 radical (unpaired) electrons. The number of amides is 4. The van der Waals surface area contributed by atoms with Gasteiger partial charge in [0, 0.05) is 19.0 Å². The number of carbonyl (C=O) groups excluding carboxylic acids is 4. The first kappa shape index (κ1) is 28.6. The van der Waals surface area contributed by atoms with Crippen molar-refractivity contribution in [3.05, 3.63) is 48.0 Å². The number of fused-ring (bicyclic) bond motifs is 2. The van der Waals surface area contributed by atoms with Crippen molar-refractivity contribution in [3.63, 3.8) is 0 Å². The molecule has 4 amide bonds. The molecule has 9 heteroatoms. The maximum absolute atomic E-state index is 13.7. The summed E-state index contributed by atoms with van der Waals surface area (Å²) in [5.41, 5.74) is -0.728. The summed E-state index contributed by atoms with van der Waals surface area (Å²) in [6.45, 7) is 6.13. The largest absolute Gasteiger partial charge is 0.444 e. The van der Waals surface area contributed by atoms with Gasteiger partial charge < -0.3 is 25.6 Å². The molecule has 2 aliphatic heterocycles. The van der Waals surface area contributed by atoms with Gasteiger partial charge in [0.2, 0.25) is 17.7 Å². The second-order valence-electron chi connectivity index (χ2n) is 11.9. The molecule has 2 fully saturated rings. The Kier molecular flexibility index (Phi) is 8.97. The van der Waals surface area contributed by atoms with Crippen LogP contribution in [0.1, 0.15) is 77.7 Å². The molecular weight excluding hydrogens is 496 g/mol. The minimum Gasteiger partial charge on any atom is -0.444 e. The van der Waals surface area contributed by atoms with Gasteiger partial charge in [0.05, 0.1) is 0 Å². The lowest BCUT2D eigenvalue weighted by Crippen LogP contribution is -2.57. The molecule has 212 valence electrons. The molecular formula is C30H42N4O5. The lowest BCUT2D eigenvalue weighted by molar-refractivity contribution is -0.141. The zero-order chi connectivity index (χ0) is 28.0. The smallest absolute Gasteiger partial charge is 0.408 e. The van der Waals surface area contributed by atoms with Crippen molar-refractivity contribution in [3.8, 4) is 0 Å². The van der Waals surface area contributed by atoms with Gasteiger partial charge in [-0.3, -0.25) is 14.4 Å². The van der Waals surface area contributed by atoms with Crippen molar-refractivity contribution in [2.24, 2.45) is 5.92 Å². The molecule has 4 unspecified atom stereocenters. The maximum atomic E-state index is 13.7. The number of ether oxygens (including phenoxy) is 1. The molecule has 1 aromatic carbocycles. The van der Waals surface area contributed by atoms with Crippen molar-refractivity contribution in [2.45, 2.75) is 102 Å². The van der Waals surface area contributed by atoms with E-state index in [0.29, 0.717) is 38.8 Å². The van der Waals surface area contributed by atoms with Crippen LogP contribution in [0.3, 0.4) is 0 Å². The number of nitrogens with one attached hydrogen (secondary N) is 3. The third kappa shape index (κ3) is 7.40. The first-order chi connectivity index (χ1) is 18.6. The molecule has 0 spiro atoms. The van der Waals surface area contributed by atoms with E-state index in [1.54, 1.807) is 25.7 Å². The fourth-order valence-corrected chi connectivity index (χ4v) is 5.48. The van der Waals surface area contributed by atoms with Crippen LogP contribution in [0.15, 0.2) is 42.5 Å². The second kappa shape index (κ2) is 12.2. The summed E-state index contributed by atoms with van der Waals surface area (Å²) in [5.74, 6) is -0.896. The topological polar surface area (TPSA) is 117 Å². The average molecular weight is 539 g/mol. The molecule has 1 saturated heterocycles. The number of carbonyl (C=O) groups is 4. The van der Waals surface area contributed by atoms with Gasteiger partial charge in [0.15, 0.2) is 0 Å². The normalized spacial score (nSPS) is 28.6. The summed E-state index contributed by atoms with van der Waals surface area (Å²) in [7, 11) is 0. The summed E-state index contributed by atoms with van der Waals surface area (Å²) >= 11 is 0. The van der Waals surface area contributed by atoms with E-state index >= 15 is 0 Å². The van der Waals surface area contributed by atoms with E-state index in [9.17, 15) is 19.2 Å². The summed E-state index contributed by atoms with van der Waals surface area (Å²) in [6.07, 6.45) is 9.13. The zero-order valence-corrected chi connectivity index (χ0v) is 23.3. The molecule has 1 aliphatic carbocycles. The number of hydrogen-bond donors (Lipinski definition) is 3. The van der Waals surface area contributed by atoms with Gasteiger partial charge in [-0.25, -0.2) is 4.79 Å². The standard InChI is InChI=1S/C30H42N4O5/c1-29(2,3)39-28(38)32-23-16-11-6-4-5-10-15-22-19-30(22,27(37)31-20-21-13-8-7-9-14-21)33-25(35)24-17-12-18-34(24)26(23)36/h7-10,13-15,22-24H,4-6,11-12,16-20H2,1-3H3,(H,31,37)(H,32,38)(H,33,35)/b15-10-. The van der Waals surface area contributed by atoms with Gasteiger partial charge in [-0.2, -0.15) is 0 Å². The number of rotatable bonds is 4. The van der Waals surface area contributed by atoms with E-state index in [1.807, 2.05) is 36.4 Å². The van der Waals surface area contributed by atoms with E-state index in [2.05, 4.69) is 22.0 Å². The van der Waals surface area contributed by atoms with Gasteiger partial charge in [-0.1, -0.05) is 55.3 Å². The Morgan fingerprint density at radius 3 is 2.59 bits per heavy atom. The highest BCUT2D eigenvalue weighted by atomic mass is 16.6. The Labute approximate surface area is 231 Å². The highest BCUT2D eigenvalue weighted by Crippen LogP contribution is 2.45.